The van der Waals surface area contributed by atoms with Gasteiger partial charge >= 0.3 is 6.18 Å². The predicted octanol–water partition coefficient (Wildman–Crippen LogP) is 3.45. The fraction of sp³-hybridized carbons (Fsp3) is 0.438. The van der Waals surface area contributed by atoms with E-state index >= 15 is 0 Å². The molecule has 2 rings (SSSR count). The Hall–Kier alpha value is -2.40. The van der Waals surface area contributed by atoms with Crippen LogP contribution in [0.25, 0.3) is 0 Å². The first-order chi connectivity index (χ1) is 12.5. The van der Waals surface area contributed by atoms with Crippen LogP contribution in [-0.2, 0) is 17.6 Å². The van der Waals surface area contributed by atoms with E-state index in [2.05, 4.69) is 35.0 Å². The van der Waals surface area contributed by atoms with Crippen molar-refractivity contribution in [2.75, 3.05) is 11.9 Å². The first-order valence-corrected chi connectivity index (χ1v) is 11.9. The minimum absolute atomic E-state index is 0.0268. The third-order valence-electron chi connectivity index (χ3n) is 3.60. The molecule has 0 radical (unpaired) electrons. The first kappa shape index (κ1) is 20.9. The summed E-state index contributed by atoms with van der Waals surface area (Å²) in [6, 6.07) is 4.36. The number of nitrogens with two attached hydrogens (primary N) is 1. The lowest BCUT2D eigenvalue weighted by Crippen LogP contribution is -2.22. The summed E-state index contributed by atoms with van der Waals surface area (Å²) in [7, 11) is -1.27. The maximum Gasteiger partial charge on any atom is 0.433 e. The van der Waals surface area contributed by atoms with Crippen LogP contribution in [0.3, 0.4) is 0 Å². The highest BCUT2D eigenvalue weighted by atomic mass is 28.3. The molecule has 1 amide bonds. The van der Waals surface area contributed by atoms with Gasteiger partial charge in [0.15, 0.2) is 0 Å². The van der Waals surface area contributed by atoms with E-state index < -0.39 is 25.9 Å². The number of carbonyl (C=O) groups is 1. The number of hydrogen-bond donors (Lipinski definition) is 2. The fourth-order valence-electron chi connectivity index (χ4n) is 2.11. The Kier molecular flexibility index (Phi) is 6.26. The van der Waals surface area contributed by atoms with Gasteiger partial charge < -0.3 is 15.8 Å². The number of nitrogens with zero attached hydrogens (tertiary/aromatic N) is 3. The molecule has 27 heavy (non-hydrogen) atoms. The molecule has 3 N–H and O–H groups in total. The van der Waals surface area contributed by atoms with Crippen LogP contribution in [0, 0.1) is 0 Å². The molecule has 0 spiro atoms. The number of alkyl halides is 3. The van der Waals surface area contributed by atoms with Gasteiger partial charge in [-0.1, -0.05) is 25.7 Å². The molecule has 2 heterocycles. The number of aromatic nitrogens is 3. The molecular formula is C16H22F3N5O2Si. The second kappa shape index (κ2) is 8.09. The predicted molar refractivity (Wildman–Crippen MR) is 97.4 cm³/mol. The molecule has 0 aliphatic rings. The highest BCUT2D eigenvalue weighted by molar-refractivity contribution is 6.76. The number of ether oxygens (including phenoxy) is 1. The van der Waals surface area contributed by atoms with E-state index in [1.54, 1.807) is 0 Å². The molecule has 0 saturated carbocycles. The smallest absolute Gasteiger partial charge is 0.365 e. The van der Waals surface area contributed by atoms with Crippen LogP contribution in [0.1, 0.15) is 16.1 Å². The summed E-state index contributed by atoms with van der Waals surface area (Å²) in [5, 5.41) is 6.72. The largest absolute Gasteiger partial charge is 0.433 e. The molecule has 2 aromatic heterocycles. The van der Waals surface area contributed by atoms with Crippen molar-refractivity contribution in [1.82, 2.24) is 14.8 Å². The number of rotatable bonds is 8. The summed E-state index contributed by atoms with van der Waals surface area (Å²) in [5.74, 6) is -0.726. The summed E-state index contributed by atoms with van der Waals surface area (Å²) < 4.78 is 45.4. The maximum absolute atomic E-state index is 12.8. The average molecular weight is 401 g/mol. The van der Waals surface area contributed by atoms with E-state index in [9.17, 15) is 18.0 Å². The van der Waals surface area contributed by atoms with Crippen molar-refractivity contribution in [3.8, 4) is 0 Å². The Balaban J connectivity index is 2.19. The quantitative estimate of drug-likeness (QED) is 0.522. The van der Waals surface area contributed by atoms with Gasteiger partial charge in [0.25, 0.3) is 5.91 Å². The Morgan fingerprint density at radius 3 is 2.63 bits per heavy atom. The highest BCUT2D eigenvalue weighted by Gasteiger charge is 2.32. The Labute approximate surface area is 155 Å². The van der Waals surface area contributed by atoms with Crippen molar-refractivity contribution in [1.29, 1.82) is 0 Å². The molecule has 0 bridgehead atoms. The van der Waals surface area contributed by atoms with Crippen molar-refractivity contribution in [2.45, 2.75) is 38.6 Å². The van der Waals surface area contributed by atoms with Crippen LogP contribution in [0.5, 0.6) is 0 Å². The van der Waals surface area contributed by atoms with E-state index in [0.717, 1.165) is 12.1 Å². The first-order valence-electron chi connectivity index (χ1n) is 8.22. The fourth-order valence-corrected chi connectivity index (χ4v) is 2.87. The number of pyridine rings is 1. The molecule has 148 valence electrons. The lowest BCUT2D eigenvalue weighted by Gasteiger charge is -2.16. The molecule has 0 aromatic carbocycles. The van der Waals surface area contributed by atoms with Crippen LogP contribution in [0.15, 0.2) is 24.4 Å². The minimum atomic E-state index is -4.58. The van der Waals surface area contributed by atoms with Gasteiger partial charge in [0.2, 0.25) is 0 Å². The number of amides is 1. The molecule has 0 atom stereocenters. The van der Waals surface area contributed by atoms with Crippen molar-refractivity contribution in [2.24, 2.45) is 5.73 Å². The Bertz CT molecular complexity index is 802. The van der Waals surface area contributed by atoms with Crippen molar-refractivity contribution in [3.63, 3.8) is 0 Å². The van der Waals surface area contributed by atoms with E-state index in [-0.39, 0.29) is 23.9 Å². The molecule has 0 aliphatic heterocycles. The van der Waals surface area contributed by atoms with Crippen LogP contribution in [0.4, 0.5) is 24.8 Å². The van der Waals surface area contributed by atoms with Crippen molar-refractivity contribution >= 4 is 25.6 Å². The zero-order valence-corrected chi connectivity index (χ0v) is 16.3. The van der Waals surface area contributed by atoms with Crippen LogP contribution < -0.4 is 11.1 Å². The zero-order valence-electron chi connectivity index (χ0n) is 15.3. The monoisotopic (exact) mass is 401 g/mol. The van der Waals surface area contributed by atoms with E-state index in [1.165, 1.54) is 23.0 Å². The molecule has 11 heteroatoms. The summed E-state index contributed by atoms with van der Waals surface area (Å²) in [6.45, 7) is 7.17. The third kappa shape index (κ3) is 6.07. The second-order valence-electron chi connectivity index (χ2n) is 7.15. The molecule has 0 aliphatic carbocycles. The number of carbonyl (C=O) groups excluding carboxylic acids is 1. The lowest BCUT2D eigenvalue weighted by atomic mass is 10.3. The molecule has 7 nitrogen and oxygen atoms in total. The van der Waals surface area contributed by atoms with E-state index in [4.69, 9.17) is 10.5 Å². The summed E-state index contributed by atoms with van der Waals surface area (Å²) in [5.41, 5.74) is 4.30. The van der Waals surface area contributed by atoms with Crippen LogP contribution in [0.2, 0.25) is 25.7 Å². The number of nitrogens with one attached hydrogen (secondary N) is 1. The van der Waals surface area contributed by atoms with Gasteiger partial charge in [-0.25, -0.2) is 9.67 Å². The van der Waals surface area contributed by atoms with Gasteiger partial charge in [-0.15, -0.1) is 0 Å². The number of halogens is 3. The zero-order chi connectivity index (χ0) is 20.2. The molecule has 0 saturated heterocycles. The molecule has 0 fully saturated rings. The van der Waals surface area contributed by atoms with Gasteiger partial charge in [0.1, 0.15) is 29.6 Å². The average Bonchev–Trinajstić information content (AvgIpc) is 2.93. The van der Waals surface area contributed by atoms with Gasteiger partial charge in [0.05, 0.1) is 6.20 Å². The van der Waals surface area contributed by atoms with Gasteiger partial charge in [0, 0.05) is 14.7 Å². The Morgan fingerprint density at radius 2 is 2.04 bits per heavy atom. The second-order valence-corrected chi connectivity index (χ2v) is 12.8. The van der Waals surface area contributed by atoms with Crippen molar-refractivity contribution < 1.29 is 22.7 Å². The van der Waals surface area contributed by atoms with Gasteiger partial charge in [-0.3, -0.25) is 4.79 Å². The summed E-state index contributed by atoms with van der Waals surface area (Å²) in [6.07, 6.45) is -3.34. The third-order valence-corrected chi connectivity index (χ3v) is 5.31. The maximum atomic E-state index is 12.8. The molecule has 0 unspecified atom stereocenters. The van der Waals surface area contributed by atoms with Crippen LogP contribution >= 0.6 is 0 Å². The summed E-state index contributed by atoms with van der Waals surface area (Å²) in [4.78, 5) is 15.1. The van der Waals surface area contributed by atoms with Gasteiger partial charge in [-0.05, 0) is 18.2 Å². The number of hydrogen-bond acceptors (Lipinski definition) is 5. The van der Waals surface area contributed by atoms with E-state index in [0.29, 0.717) is 6.61 Å². The van der Waals surface area contributed by atoms with Crippen molar-refractivity contribution in [3.05, 3.63) is 35.7 Å². The Morgan fingerprint density at radius 1 is 1.33 bits per heavy atom. The standard InChI is InChI=1S/C16H22F3N5O2Si/c1-27(2,3)8-7-26-10-24-15(11(9-21-24)14(20)25)23-13-6-4-5-12(22-13)16(17,18)19/h4-6,9H,7-8,10H2,1-3H3,(H2,20,25)(H,22,23). The number of primary amides is 1. The van der Waals surface area contributed by atoms with Crippen LogP contribution in [-0.4, -0.2) is 35.4 Å². The van der Waals surface area contributed by atoms with Gasteiger partial charge in [-0.2, -0.15) is 18.3 Å². The molecule has 2 aromatic rings. The topological polar surface area (TPSA) is 95.1 Å². The minimum Gasteiger partial charge on any atom is -0.365 e. The SMILES string of the molecule is C[Si](C)(C)CCOCn1ncc(C(N)=O)c1Nc1cccc(C(F)(F)F)n1. The summed E-state index contributed by atoms with van der Waals surface area (Å²) >= 11 is 0. The lowest BCUT2D eigenvalue weighted by molar-refractivity contribution is -0.141. The molecular weight excluding hydrogens is 379 g/mol. The highest BCUT2D eigenvalue weighted by Crippen LogP contribution is 2.29. The normalized spacial score (nSPS) is 12.2. The van der Waals surface area contributed by atoms with E-state index in [1.807, 2.05) is 0 Å². The number of anilines is 2.